The van der Waals surface area contributed by atoms with Crippen LogP contribution in [0.4, 0.5) is 0 Å². The second kappa shape index (κ2) is 8.23. The quantitative estimate of drug-likeness (QED) is 0.123. The van der Waals surface area contributed by atoms with Crippen molar-refractivity contribution in [2.45, 2.75) is 0 Å². The van der Waals surface area contributed by atoms with Crippen LogP contribution < -0.4 is 11.1 Å². The van der Waals surface area contributed by atoms with Gasteiger partial charge in [0.15, 0.2) is 0 Å². The first kappa shape index (κ1) is 25.2. The third-order valence-electron chi connectivity index (χ3n) is 11.5. The highest BCUT2D eigenvalue weighted by molar-refractivity contribution is 6.41. The minimum absolute atomic E-state index is 0.0122. The highest BCUT2D eigenvalue weighted by Gasteiger charge is 2.23. The number of benzene rings is 9. The van der Waals surface area contributed by atoms with Crippen molar-refractivity contribution in [3.63, 3.8) is 0 Å². The van der Waals surface area contributed by atoms with Gasteiger partial charge < -0.3 is 0 Å². The Morgan fingerprint density at radius 3 is 1.50 bits per heavy atom. The van der Waals surface area contributed by atoms with Crippen molar-refractivity contribution in [2.24, 2.45) is 0 Å². The summed E-state index contributed by atoms with van der Waals surface area (Å²) in [6, 6.07) is 43.8. The van der Waals surface area contributed by atoms with Crippen molar-refractivity contribution >= 4 is 119 Å². The second-order valence-electron chi connectivity index (χ2n) is 13.8. The van der Waals surface area contributed by atoms with Crippen LogP contribution in [-0.4, -0.2) is 13.8 Å². The SMILES string of the molecule is O=c1c2ccc3c4ccc5c6c(ccc(c7ccc(c2c73)c2cc3cccc7cccc(c73)n12)c46)c(=O)n1c2cccc3cccc(nc51)c32. The molecule has 4 heterocycles. The van der Waals surface area contributed by atoms with Crippen molar-refractivity contribution < 1.29 is 0 Å². The molecule has 9 aromatic carbocycles. The van der Waals surface area contributed by atoms with Crippen LogP contribution in [0.1, 0.15) is 0 Å². The third kappa shape index (κ3) is 2.69. The summed E-state index contributed by atoms with van der Waals surface area (Å²) in [5.74, 6) is 0. The zero-order valence-corrected chi connectivity index (χ0v) is 26.3. The molecule has 228 valence electrons. The van der Waals surface area contributed by atoms with E-state index >= 15 is 0 Å². The van der Waals surface area contributed by atoms with Crippen molar-refractivity contribution in [2.75, 3.05) is 0 Å². The van der Waals surface area contributed by atoms with Crippen LogP contribution in [0, 0.1) is 0 Å². The average molecular weight is 636 g/mol. The van der Waals surface area contributed by atoms with Crippen LogP contribution >= 0.6 is 0 Å². The largest absolute Gasteiger partial charge is 0.276 e. The molecule has 0 unspecified atom stereocenters. The molecular formula is C45H21N3O2. The molecule has 0 fully saturated rings. The molecular weight excluding hydrogens is 615 g/mol. The molecule has 13 aromatic rings. The summed E-state index contributed by atoms with van der Waals surface area (Å²) in [5.41, 5.74) is 4.16. The molecule has 0 amide bonds. The van der Waals surface area contributed by atoms with Gasteiger partial charge in [-0.15, -0.1) is 0 Å². The third-order valence-corrected chi connectivity index (χ3v) is 11.5. The lowest BCUT2D eigenvalue weighted by Crippen LogP contribution is -2.17. The van der Waals surface area contributed by atoms with Gasteiger partial charge in [0.05, 0.1) is 22.1 Å². The summed E-state index contributed by atoms with van der Waals surface area (Å²) in [6.45, 7) is 0. The van der Waals surface area contributed by atoms with Gasteiger partial charge in [-0.3, -0.25) is 18.4 Å². The van der Waals surface area contributed by atoms with E-state index in [1.165, 1.54) is 0 Å². The number of nitrogens with zero attached hydrogens (tertiary/aromatic N) is 3. The molecule has 0 bridgehead atoms. The first-order valence-electron chi connectivity index (χ1n) is 16.9. The zero-order chi connectivity index (χ0) is 32.6. The molecule has 5 nitrogen and oxygen atoms in total. The minimum Gasteiger partial charge on any atom is -0.276 e. The van der Waals surface area contributed by atoms with E-state index in [9.17, 15) is 9.59 Å². The molecule has 13 rings (SSSR count). The van der Waals surface area contributed by atoms with Gasteiger partial charge in [-0.1, -0.05) is 84.9 Å². The van der Waals surface area contributed by atoms with Crippen molar-refractivity contribution in [1.29, 1.82) is 0 Å². The van der Waals surface area contributed by atoms with Crippen LogP contribution in [0.5, 0.6) is 0 Å². The summed E-state index contributed by atoms with van der Waals surface area (Å²) in [7, 11) is 0. The molecule has 0 aliphatic carbocycles. The summed E-state index contributed by atoms with van der Waals surface area (Å²) in [6.07, 6.45) is 0. The standard InChI is InChI=1S/C45H21N3O2/c49-44-31-19-15-27-26-14-18-30-42-32(45(50)48-35-12-4-8-23-6-2-10-33(38(23)35)46-43(30)48)20-16-28(40(26)42)25-13-17-29(41(31)39(25)27)36-21-24-9-1-5-22-7-3-11-34(37(22)24)47(36)44/h1-21H. The van der Waals surface area contributed by atoms with Gasteiger partial charge >= 0.3 is 0 Å². The molecule has 0 aliphatic rings. The maximum Gasteiger partial charge on any atom is 0.264 e. The molecule has 0 N–H and O–H groups in total. The van der Waals surface area contributed by atoms with E-state index in [0.29, 0.717) is 16.4 Å². The smallest absolute Gasteiger partial charge is 0.264 e. The maximum absolute atomic E-state index is 14.5. The molecule has 4 aromatic heterocycles. The number of pyridine rings is 3. The van der Waals surface area contributed by atoms with Crippen molar-refractivity contribution in [3.8, 4) is 0 Å². The molecule has 0 saturated heterocycles. The number of aromatic nitrogens is 3. The van der Waals surface area contributed by atoms with E-state index in [4.69, 9.17) is 4.98 Å². The summed E-state index contributed by atoms with van der Waals surface area (Å²) in [5, 5.41) is 17.2. The van der Waals surface area contributed by atoms with Crippen LogP contribution in [0.15, 0.2) is 137 Å². The highest BCUT2D eigenvalue weighted by atomic mass is 16.1. The summed E-state index contributed by atoms with van der Waals surface area (Å²) < 4.78 is 3.70. The van der Waals surface area contributed by atoms with Gasteiger partial charge in [-0.25, -0.2) is 4.98 Å². The van der Waals surface area contributed by atoms with Gasteiger partial charge in [-0.2, -0.15) is 0 Å². The van der Waals surface area contributed by atoms with Crippen LogP contribution in [0.3, 0.4) is 0 Å². The second-order valence-corrected chi connectivity index (χ2v) is 13.8. The van der Waals surface area contributed by atoms with E-state index in [0.717, 1.165) is 103 Å². The molecule has 0 radical (unpaired) electrons. The Morgan fingerprint density at radius 1 is 0.360 bits per heavy atom. The van der Waals surface area contributed by atoms with Crippen molar-refractivity contribution in [1.82, 2.24) is 13.8 Å². The predicted octanol–water partition coefficient (Wildman–Crippen LogP) is 10.2. The molecule has 0 aliphatic heterocycles. The predicted molar refractivity (Wildman–Crippen MR) is 207 cm³/mol. The molecule has 0 spiro atoms. The van der Waals surface area contributed by atoms with Gasteiger partial charge in [0.2, 0.25) is 0 Å². The Labute approximate surface area is 280 Å². The highest BCUT2D eigenvalue weighted by Crippen LogP contribution is 2.46. The van der Waals surface area contributed by atoms with E-state index in [2.05, 4.69) is 84.9 Å². The van der Waals surface area contributed by atoms with E-state index in [1.807, 2.05) is 46.9 Å². The minimum atomic E-state index is -0.0665. The van der Waals surface area contributed by atoms with E-state index < -0.39 is 0 Å². The van der Waals surface area contributed by atoms with Crippen LogP contribution in [0.2, 0.25) is 0 Å². The lowest BCUT2D eigenvalue weighted by molar-refractivity contribution is 1.15. The lowest BCUT2D eigenvalue weighted by atomic mass is 9.85. The fraction of sp³-hybridized carbons (Fsp3) is 0. The first-order chi connectivity index (χ1) is 24.7. The number of hydrogen-bond donors (Lipinski definition) is 0. The Hall–Kier alpha value is -6.85. The van der Waals surface area contributed by atoms with E-state index in [-0.39, 0.29) is 11.1 Å². The van der Waals surface area contributed by atoms with E-state index in [1.54, 1.807) is 4.40 Å². The molecule has 50 heavy (non-hydrogen) atoms. The Kier molecular flexibility index (Phi) is 4.15. The Balaban J connectivity index is 1.25. The van der Waals surface area contributed by atoms with Gasteiger partial charge in [0, 0.05) is 43.1 Å². The van der Waals surface area contributed by atoms with Crippen molar-refractivity contribution in [3.05, 3.63) is 148 Å². The lowest BCUT2D eigenvalue weighted by Gasteiger charge is -2.20. The fourth-order valence-electron chi connectivity index (χ4n) is 9.55. The fourth-order valence-corrected chi connectivity index (χ4v) is 9.55. The van der Waals surface area contributed by atoms with Crippen LogP contribution in [-0.2, 0) is 0 Å². The molecule has 0 saturated carbocycles. The van der Waals surface area contributed by atoms with Gasteiger partial charge in [-0.05, 0) is 90.9 Å². The zero-order valence-electron chi connectivity index (χ0n) is 26.3. The maximum atomic E-state index is 14.5. The molecule has 5 heteroatoms. The molecule has 0 atom stereocenters. The van der Waals surface area contributed by atoms with Gasteiger partial charge in [0.1, 0.15) is 5.65 Å². The Morgan fingerprint density at radius 2 is 0.820 bits per heavy atom. The first-order valence-corrected chi connectivity index (χ1v) is 16.9. The van der Waals surface area contributed by atoms with Crippen LogP contribution in [0.25, 0.3) is 119 Å². The number of hydrogen-bond acceptors (Lipinski definition) is 3. The number of fused-ring (bicyclic) bond motifs is 8. The Bertz CT molecular complexity index is 3540. The number of rotatable bonds is 0. The monoisotopic (exact) mass is 635 g/mol. The average Bonchev–Trinajstić information content (AvgIpc) is 3.15. The normalized spacial score (nSPS) is 13.0. The topological polar surface area (TPSA) is 55.8 Å². The summed E-state index contributed by atoms with van der Waals surface area (Å²) >= 11 is 0. The van der Waals surface area contributed by atoms with Gasteiger partial charge in [0.25, 0.3) is 11.1 Å². The summed E-state index contributed by atoms with van der Waals surface area (Å²) in [4.78, 5) is 34.2.